The van der Waals surface area contributed by atoms with Crippen molar-refractivity contribution in [3.05, 3.63) is 0 Å². The summed E-state index contributed by atoms with van der Waals surface area (Å²) in [6.45, 7) is 2.42. The predicted octanol–water partition coefficient (Wildman–Crippen LogP) is 2.51. The van der Waals surface area contributed by atoms with E-state index in [1.165, 1.54) is 32.1 Å². The lowest BCUT2D eigenvalue weighted by molar-refractivity contribution is -0.156. The number of morpholine rings is 1. The largest absolute Gasteiger partial charge is 0.377 e. The molecule has 3 fully saturated rings. The zero-order valence-corrected chi connectivity index (χ0v) is 12.4. The molecule has 0 atom stereocenters. The van der Waals surface area contributed by atoms with Gasteiger partial charge in [0.25, 0.3) is 0 Å². The maximum atomic E-state index is 12.5. The number of carbonyl (C=O) groups excluding carboxylic acids is 1. The SMILES string of the molecule is O=C(COC1CCCCC1)N1CCOCC12CCCC2. The number of rotatable bonds is 3. The maximum absolute atomic E-state index is 12.5. The van der Waals surface area contributed by atoms with Gasteiger partial charge in [-0.3, -0.25) is 4.79 Å². The van der Waals surface area contributed by atoms with Crippen molar-refractivity contribution < 1.29 is 14.3 Å². The highest BCUT2D eigenvalue weighted by Gasteiger charge is 2.44. The highest BCUT2D eigenvalue weighted by Crippen LogP contribution is 2.37. The zero-order chi connectivity index (χ0) is 13.8. The lowest BCUT2D eigenvalue weighted by atomic mass is 9.94. The normalized spacial score (nSPS) is 27.1. The lowest BCUT2D eigenvalue weighted by Gasteiger charge is -2.44. The number of hydrogen-bond donors (Lipinski definition) is 0. The van der Waals surface area contributed by atoms with Crippen LogP contribution in [0.25, 0.3) is 0 Å². The molecule has 114 valence electrons. The van der Waals surface area contributed by atoms with Gasteiger partial charge in [0.05, 0.1) is 24.9 Å². The van der Waals surface area contributed by atoms with Gasteiger partial charge in [-0.1, -0.05) is 32.1 Å². The van der Waals surface area contributed by atoms with Crippen molar-refractivity contribution in [1.82, 2.24) is 4.90 Å². The molecule has 20 heavy (non-hydrogen) atoms. The van der Waals surface area contributed by atoms with Crippen LogP contribution in [0.5, 0.6) is 0 Å². The fraction of sp³-hybridized carbons (Fsp3) is 0.938. The second-order valence-electron chi connectivity index (χ2n) is 6.60. The fourth-order valence-electron chi connectivity index (χ4n) is 4.07. The van der Waals surface area contributed by atoms with Crippen LogP contribution in [0.1, 0.15) is 57.8 Å². The topological polar surface area (TPSA) is 38.8 Å². The molecule has 2 aliphatic carbocycles. The van der Waals surface area contributed by atoms with Gasteiger partial charge in [0, 0.05) is 6.54 Å². The molecule has 1 aliphatic heterocycles. The molecule has 2 saturated carbocycles. The molecule has 1 saturated heterocycles. The van der Waals surface area contributed by atoms with Crippen LogP contribution < -0.4 is 0 Å². The Morgan fingerprint density at radius 1 is 1.15 bits per heavy atom. The first kappa shape index (κ1) is 14.3. The van der Waals surface area contributed by atoms with E-state index >= 15 is 0 Å². The summed E-state index contributed by atoms with van der Waals surface area (Å²) in [7, 11) is 0. The molecule has 1 amide bonds. The van der Waals surface area contributed by atoms with E-state index in [1.807, 2.05) is 0 Å². The Hall–Kier alpha value is -0.610. The maximum Gasteiger partial charge on any atom is 0.249 e. The van der Waals surface area contributed by atoms with Gasteiger partial charge in [-0.05, 0) is 25.7 Å². The molecule has 0 bridgehead atoms. The monoisotopic (exact) mass is 281 g/mol. The minimum atomic E-state index is -0.00867. The van der Waals surface area contributed by atoms with Gasteiger partial charge in [-0.15, -0.1) is 0 Å². The van der Waals surface area contributed by atoms with E-state index in [0.717, 1.165) is 38.8 Å². The van der Waals surface area contributed by atoms with Crippen molar-refractivity contribution in [2.45, 2.75) is 69.4 Å². The van der Waals surface area contributed by atoms with E-state index in [0.29, 0.717) is 12.7 Å². The van der Waals surface area contributed by atoms with Crippen LogP contribution in [0.4, 0.5) is 0 Å². The van der Waals surface area contributed by atoms with Gasteiger partial charge in [-0.2, -0.15) is 0 Å². The van der Waals surface area contributed by atoms with Crippen molar-refractivity contribution in [2.24, 2.45) is 0 Å². The number of carbonyl (C=O) groups is 1. The smallest absolute Gasteiger partial charge is 0.249 e. The molecule has 4 nitrogen and oxygen atoms in total. The highest BCUT2D eigenvalue weighted by molar-refractivity contribution is 5.78. The molecule has 0 aromatic carbocycles. The van der Waals surface area contributed by atoms with Crippen LogP contribution >= 0.6 is 0 Å². The van der Waals surface area contributed by atoms with Crippen LogP contribution in [0.3, 0.4) is 0 Å². The van der Waals surface area contributed by atoms with Crippen LogP contribution in [0.15, 0.2) is 0 Å². The van der Waals surface area contributed by atoms with Crippen LogP contribution in [-0.2, 0) is 14.3 Å². The molecule has 3 aliphatic rings. The predicted molar refractivity (Wildman–Crippen MR) is 76.6 cm³/mol. The average molecular weight is 281 g/mol. The summed E-state index contributed by atoms with van der Waals surface area (Å²) in [5.41, 5.74) is -0.00867. The summed E-state index contributed by atoms with van der Waals surface area (Å²) >= 11 is 0. The minimum Gasteiger partial charge on any atom is -0.377 e. The van der Waals surface area contributed by atoms with Crippen molar-refractivity contribution in [2.75, 3.05) is 26.4 Å². The summed E-state index contributed by atoms with van der Waals surface area (Å²) in [6.07, 6.45) is 11.0. The van der Waals surface area contributed by atoms with E-state index in [4.69, 9.17) is 9.47 Å². The molecule has 0 aromatic rings. The van der Waals surface area contributed by atoms with Gasteiger partial charge < -0.3 is 14.4 Å². The van der Waals surface area contributed by atoms with Gasteiger partial charge in [-0.25, -0.2) is 0 Å². The van der Waals surface area contributed by atoms with E-state index in [1.54, 1.807) is 0 Å². The first-order chi connectivity index (χ1) is 9.80. The Balaban J connectivity index is 1.54. The third-order valence-corrected chi connectivity index (χ3v) is 5.23. The van der Waals surface area contributed by atoms with Crippen LogP contribution in [-0.4, -0.2) is 48.8 Å². The molecule has 1 heterocycles. The van der Waals surface area contributed by atoms with E-state index in [-0.39, 0.29) is 18.1 Å². The standard InChI is InChI=1S/C16H27NO3/c18-15(12-20-14-6-2-1-3-7-14)17-10-11-19-13-16(17)8-4-5-9-16/h14H,1-13H2. The van der Waals surface area contributed by atoms with Crippen molar-refractivity contribution in [1.29, 1.82) is 0 Å². The number of amides is 1. The molecule has 0 aromatic heterocycles. The molecule has 4 heteroatoms. The number of hydrogen-bond acceptors (Lipinski definition) is 3. The Kier molecular flexibility index (Phi) is 4.61. The molecule has 0 radical (unpaired) electrons. The molecule has 0 unspecified atom stereocenters. The highest BCUT2D eigenvalue weighted by atomic mass is 16.5. The second-order valence-corrected chi connectivity index (χ2v) is 6.60. The van der Waals surface area contributed by atoms with Gasteiger partial charge in [0.1, 0.15) is 6.61 Å². The Labute approximate surface area is 121 Å². The average Bonchev–Trinajstić information content (AvgIpc) is 2.95. The molecule has 0 N–H and O–H groups in total. The minimum absolute atomic E-state index is 0.00867. The first-order valence-electron chi connectivity index (χ1n) is 8.30. The molecule has 1 spiro atoms. The summed E-state index contributed by atoms with van der Waals surface area (Å²) in [6, 6.07) is 0. The van der Waals surface area contributed by atoms with E-state index < -0.39 is 0 Å². The Morgan fingerprint density at radius 2 is 1.90 bits per heavy atom. The third-order valence-electron chi connectivity index (χ3n) is 5.23. The lowest BCUT2D eigenvalue weighted by Crippen LogP contribution is -2.58. The van der Waals surface area contributed by atoms with Crippen molar-refractivity contribution >= 4 is 5.91 Å². The zero-order valence-electron chi connectivity index (χ0n) is 12.4. The summed E-state index contributed by atoms with van der Waals surface area (Å²) in [4.78, 5) is 14.6. The van der Waals surface area contributed by atoms with Crippen LogP contribution in [0.2, 0.25) is 0 Å². The summed E-state index contributed by atoms with van der Waals surface area (Å²) in [5, 5.41) is 0. The van der Waals surface area contributed by atoms with E-state index in [2.05, 4.69) is 4.90 Å². The van der Waals surface area contributed by atoms with Gasteiger partial charge in [0.2, 0.25) is 5.91 Å². The van der Waals surface area contributed by atoms with E-state index in [9.17, 15) is 4.79 Å². The first-order valence-corrected chi connectivity index (χ1v) is 8.30. The Bertz CT molecular complexity index is 333. The molecule has 3 rings (SSSR count). The summed E-state index contributed by atoms with van der Waals surface area (Å²) < 4.78 is 11.5. The molecular weight excluding hydrogens is 254 g/mol. The second kappa shape index (κ2) is 6.44. The third kappa shape index (κ3) is 3.01. The summed E-state index contributed by atoms with van der Waals surface area (Å²) in [5.74, 6) is 0.181. The Morgan fingerprint density at radius 3 is 2.65 bits per heavy atom. The van der Waals surface area contributed by atoms with Gasteiger partial charge >= 0.3 is 0 Å². The fourth-order valence-corrected chi connectivity index (χ4v) is 4.07. The van der Waals surface area contributed by atoms with Crippen molar-refractivity contribution in [3.8, 4) is 0 Å². The number of nitrogens with zero attached hydrogens (tertiary/aromatic N) is 1. The number of ether oxygens (including phenoxy) is 2. The van der Waals surface area contributed by atoms with Crippen LogP contribution in [0, 0.1) is 0 Å². The van der Waals surface area contributed by atoms with Gasteiger partial charge in [0.15, 0.2) is 0 Å². The molecular formula is C16H27NO3. The quantitative estimate of drug-likeness (QED) is 0.798. The van der Waals surface area contributed by atoms with Crippen molar-refractivity contribution in [3.63, 3.8) is 0 Å².